The van der Waals surface area contributed by atoms with Gasteiger partial charge in [-0.2, -0.15) is 0 Å². The highest BCUT2D eigenvalue weighted by Gasteiger charge is 2.22. The number of nitrogens with one attached hydrogen (secondary N) is 2. The number of amides is 1. The first-order valence-corrected chi connectivity index (χ1v) is 8.03. The summed E-state index contributed by atoms with van der Waals surface area (Å²) in [4.78, 5) is 11.9. The molecule has 2 heterocycles. The molecule has 114 valence electrons. The minimum absolute atomic E-state index is 0.0882. The predicted molar refractivity (Wildman–Crippen MR) is 82.4 cm³/mol. The van der Waals surface area contributed by atoms with Crippen molar-refractivity contribution in [3.05, 3.63) is 29.8 Å². The highest BCUT2D eigenvalue weighted by atomic mass is 16.5. The van der Waals surface area contributed by atoms with Gasteiger partial charge in [-0.05, 0) is 49.9 Å². The van der Waals surface area contributed by atoms with Crippen molar-refractivity contribution in [1.82, 2.24) is 10.6 Å². The molecule has 1 atom stereocenters. The number of carbonyl (C=O) groups excluding carboxylic acids is 1. The summed E-state index contributed by atoms with van der Waals surface area (Å²) in [6.45, 7) is 2.81. The summed E-state index contributed by atoms with van der Waals surface area (Å²) in [6.07, 6.45) is 5.04. The van der Waals surface area contributed by atoms with Crippen molar-refractivity contribution in [3.63, 3.8) is 0 Å². The maximum Gasteiger partial charge on any atom is 0.220 e. The monoisotopic (exact) mass is 288 g/mol. The second kappa shape index (κ2) is 6.94. The molecule has 0 aliphatic carbocycles. The Hall–Kier alpha value is -1.55. The fraction of sp³-hybridized carbons (Fsp3) is 0.588. The number of benzene rings is 1. The Morgan fingerprint density at radius 1 is 1.29 bits per heavy atom. The zero-order valence-electron chi connectivity index (χ0n) is 12.4. The first-order chi connectivity index (χ1) is 10.3. The van der Waals surface area contributed by atoms with Crippen molar-refractivity contribution in [1.29, 1.82) is 0 Å². The third kappa shape index (κ3) is 3.97. The Labute approximate surface area is 126 Å². The number of hydrogen-bond donors (Lipinski definition) is 2. The summed E-state index contributed by atoms with van der Waals surface area (Å²) in [7, 11) is 0. The van der Waals surface area contributed by atoms with Gasteiger partial charge in [-0.3, -0.25) is 4.79 Å². The van der Waals surface area contributed by atoms with Crippen molar-refractivity contribution in [3.8, 4) is 5.75 Å². The second-order valence-electron chi connectivity index (χ2n) is 6.09. The van der Waals surface area contributed by atoms with Gasteiger partial charge in [0.05, 0.1) is 6.54 Å². The molecule has 1 aromatic carbocycles. The Bertz CT molecular complexity index is 458. The number of para-hydroxylation sites is 1. The molecule has 2 aliphatic heterocycles. The van der Waals surface area contributed by atoms with Gasteiger partial charge < -0.3 is 15.4 Å². The Morgan fingerprint density at radius 2 is 2.10 bits per heavy atom. The maximum absolute atomic E-state index is 11.9. The van der Waals surface area contributed by atoms with E-state index in [-0.39, 0.29) is 12.0 Å². The number of hydrogen-bond acceptors (Lipinski definition) is 3. The molecule has 4 heteroatoms. The Balaban J connectivity index is 1.35. The molecule has 0 bridgehead atoms. The summed E-state index contributed by atoms with van der Waals surface area (Å²) >= 11 is 0. The van der Waals surface area contributed by atoms with Crippen LogP contribution in [0.4, 0.5) is 0 Å². The van der Waals surface area contributed by atoms with Crippen LogP contribution in [0.1, 0.15) is 31.2 Å². The van der Waals surface area contributed by atoms with Crippen LogP contribution >= 0.6 is 0 Å². The fourth-order valence-electron chi connectivity index (χ4n) is 3.19. The minimum atomic E-state index is 0.0882. The number of carbonyl (C=O) groups is 1. The Kier molecular flexibility index (Phi) is 4.76. The van der Waals surface area contributed by atoms with Gasteiger partial charge in [-0.1, -0.05) is 18.2 Å². The molecule has 4 nitrogen and oxygen atoms in total. The summed E-state index contributed by atoms with van der Waals surface area (Å²) in [5, 5.41) is 6.38. The molecule has 0 aromatic heterocycles. The van der Waals surface area contributed by atoms with Crippen LogP contribution in [0.5, 0.6) is 5.75 Å². The van der Waals surface area contributed by atoms with Crippen LogP contribution in [0.2, 0.25) is 0 Å². The van der Waals surface area contributed by atoms with Gasteiger partial charge in [0.2, 0.25) is 5.91 Å². The molecule has 0 radical (unpaired) electrons. The lowest BCUT2D eigenvalue weighted by Crippen LogP contribution is -2.35. The van der Waals surface area contributed by atoms with Gasteiger partial charge in [0.1, 0.15) is 11.9 Å². The van der Waals surface area contributed by atoms with Crippen LogP contribution in [-0.2, 0) is 11.2 Å². The lowest BCUT2D eigenvalue weighted by atomic mass is 9.93. The highest BCUT2D eigenvalue weighted by molar-refractivity contribution is 5.75. The van der Waals surface area contributed by atoms with Gasteiger partial charge in [0.15, 0.2) is 0 Å². The van der Waals surface area contributed by atoms with E-state index in [1.54, 1.807) is 0 Å². The lowest BCUT2D eigenvalue weighted by molar-refractivity contribution is -0.121. The largest absolute Gasteiger partial charge is 0.488 e. The number of rotatable bonds is 5. The van der Waals surface area contributed by atoms with E-state index in [2.05, 4.69) is 16.7 Å². The van der Waals surface area contributed by atoms with E-state index >= 15 is 0 Å². The van der Waals surface area contributed by atoms with Crippen molar-refractivity contribution in [2.75, 3.05) is 19.6 Å². The second-order valence-corrected chi connectivity index (χ2v) is 6.09. The van der Waals surface area contributed by atoms with E-state index in [9.17, 15) is 4.79 Å². The third-order valence-electron chi connectivity index (χ3n) is 4.48. The standard InChI is InChI=1S/C17H24N2O2/c20-17(6-5-13-7-9-18-10-8-13)19-12-15-11-14-3-1-2-4-16(14)21-15/h1-4,13,15,18H,5-12H2,(H,19,20). The summed E-state index contributed by atoms with van der Waals surface area (Å²) in [5.41, 5.74) is 1.24. The van der Waals surface area contributed by atoms with Crippen molar-refractivity contribution < 1.29 is 9.53 Å². The molecule has 2 N–H and O–H groups in total. The van der Waals surface area contributed by atoms with Crippen LogP contribution < -0.4 is 15.4 Å². The van der Waals surface area contributed by atoms with E-state index < -0.39 is 0 Å². The normalized spacial score (nSPS) is 21.6. The molecule has 1 unspecified atom stereocenters. The van der Waals surface area contributed by atoms with Crippen molar-refractivity contribution in [2.24, 2.45) is 5.92 Å². The number of ether oxygens (including phenoxy) is 1. The van der Waals surface area contributed by atoms with Crippen LogP contribution in [0.15, 0.2) is 24.3 Å². The van der Waals surface area contributed by atoms with E-state index in [1.807, 2.05) is 18.2 Å². The average Bonchev–Trinajstić information content (AvgIpc) is 2.95. The topological polar surface area (TPSA) is 50.4 Å². The molecule has 21 heavy (non-hydrogen) atoms. The van der Waals surface area contributed by atoms with Gasteiger partial charge >= 0.3 is 0 Å². The fourth-order valence-corrected chi connectivity index (χ4v) is 3.19. The molecular weight excluding hydrogens is 264 g/mol. The van der Waals surface area contributed by atoms with E-state index in [0.29, 0.717) is 18.9 Å². The highest BCUT2D eigenvalue weighted by Crippen LogP contribution is 2.27. The van der Waals surface area contributed by atoms with Crippen molar-refractivity contribution in [2.45, 2.75) is 38.2 Å². The predicted octanol–water partition coefficient (Wildman–Crippen LogP) is 1.89. The summed E-state index contributed by atoms with van der Waals surface area (Å²) < 4.78 is 5.83. The number of piperidine rings is 1. The van der Waals surface area contributed by atoms with E-state index in [0.717, 1.165) is 31.7 Å². The number of fused-ring (bicyclic) bond motifs is 1. The van der Waals surface area contributed by atoms with Gasteiger partial charge in [-0.25, -0.2) is 0 Å². The molecule has 0 saturated carbocycles. The molecule has 1 amide bonds. The van der Waals surface area contributed by atoms with Gasteiger partial charge in [0, 0.05) is 12.8 Å². The first kappa shape index (κ1) is 14.4. The van der Waals surface area contributed by atoms with Crippen LogP contribution in [0.25, 0.3) is 0 Å². The molecule has 1 aromatic rings. The Morgan fingerprint density at radius 3 is 2.90 bits per heavy atom. The van der Waals surface area contributed by atoms with E-state index in [1.165, 1.54) is 18.4 Å². The van der Waals surface area contributed by atoms with Crippen LogP contribution in [-0.4, -0.2) is 31.6 Å². The average molecular weight is 288 g/mol. The first-order valence-electron chi connectivity index (χ1n) is 8.03. The summed E-state index contributed by atoms with van der Waals surface area (Å²) in [5.74, 6) is 1.84. The minimum Gasteiger partial charge on any atom is -0.488 e. The van der Waals surface area contributed by atoms with Crippen molar-refractivity contribution >= 4 is 5.91 Å². The molecule has 1 saturated heterocycles. The molecule has 3 rings (SSSR count). The van der Waals surface area contributed by atoms with Gasteiger partial charge in [0.25, 0.3) is 0 Å². The summed E-state index contributed by atoms with van der Waals surface area (Å²) in [6, 6.07) is 8.10. The smallest absolute Gasteiger partial charge is 0.220 e. The van der Waals surface area contributed by atoms with Gasteiger partial charge in [-0.15, -0.1) is 0 Å². The maximum atomic E-state index is 11.9. The SMILES string of the molecule is O=C(CCC1CCNCC1)NCC1Cc2ccccc2O1. The zero-order valence-corrected chi connectivity index (χ0v) is 12.4. The molecular formula is C17H24N2O2. The van der Waals surface area contributed by atoms with Crippen LogP contribution in [0.3, 0.4) is 0 Å². The van der Waals surface area contributed by atoms with Crippen LogP contribution in [0, 0.1) is 5.92 Å². The quantitative estimate of drug-likeness (QED) is 0.870. The van der Waals surface area contributed by atoms with E-state index in [4.69, 9.17) is 4.74 Å². The molecule has 1 fully saturated rings. The molecule has 2 aliphatic rings. The third-order valence-corrected chi connectivity index (χ3v) is 4.48. The lowest BCUT2D eigenvalue weighted by Gasteiger charge is -2.22. The molecule has 0 spiro atoms. The zero-order chi connectivity index (χ0) is 14.5.